The van der Waals surface area contributed by atoms with Crippen molar-refractivity contribution in [2.24, 2.45) is 10.9 Å². The minimum atomic E-state index is -0.198. The molecule has 0 saturated carbocycles. The van der Waals surface area contributed by atoms with Crippen molar-refractivity contribution in [2.75, 3.05) is 44.7 Å². The summed E-state index contributed by atoms with van der Waals surface area (Å²) in [6.45, 7) is 4.87. The quantitative estimate of drug-likeness (QED) is 0.574. The van der Waals surface area contributed by atoms with Crippen LogP contribution in [0.3, 0.4) is 0 Å². The zero-order chi connectivity index (χ0) is 19.8. The number of carbonyl (C=O) groups is 1. The molecule has 2 fully saturated rings. The Morgan fingerprint density at radius 1 is 1.29 bits per heavy atom. The third-order valence-corrected chi connectivity index (χ3v) is 5.63. The van der Waals surface area contributed by atoms with Crippen molar-refractivity contribution in [1.82, 2.24) is 10.2 Å². The van der Waals surface area contributed by atoms with Gasteiger partial charge in [-0.25, -0.2) is 0 Å². The Bertz CT molecular complexity index is 719. The van der Waals surface area contributed by atoms with E-state index in [9.17, 15) is 10.1 Å². The van der Waals surface area contributed by atoms with Crippen molar-refractivity contribution < 1.29 is 9.53 Å². The van der Waals surface area contributed by atoms with E-state index < -0.39 is 0 Å². The minimum Gasteiger partial charge on any atom is -0.469 e. The SMILES string of the molecule is COC(=O)CCc1ccc(N2CCN(CCC3CCNCC3)/C2=N\C#N)cc1. The molecule has 2 saturated heterocycles. The number of benzene rings is 1. The number of piperidine rings is 1. The number of aliphatic imine (C=N–C) groups is 1. The molecule has 1 aromatic rings. The number of nitrogens with one attached hydrogen (secondary N) is 1. The maximum Gasteiger partial charge on any atom is 0.305 e. The molecule has 0 aliphatic carbocycles. The molecule has 7 nitrogen and oxygen atoms in total. The second-order valence-electron chi connectivity index (χ2n) is 7.38. The van der Waals surface area contributed by atoms with Crippen LogP contribution in [0.15, 0.2) is 29.3 Å². The van der Waals surface area contributed by atoms with Gasteiger partial charge in [-0.1, -0.05) is 12.1 Å². The first-order chi connectivity index (χ1) is 13.7. The van der Waals surface area contributed by atoms with E-state index in [1.54, 1.807) is 0 Å². The first-order valence-corrected chi connectivity index (χ1v) is 10.1. The molecule has 0 atom stereocenters. The highest BCUT2D eigenvalue weighted by Gasteiger charge is 2.28. The number of nitriles is 1. The van der Waals surface area contributed by atoms with Gasteiger partial charge in [0.15, 0.2) is 0 Å². The van der Waals surface area contributed by atoms with Crippen molar-refractivity contribution >= 4 is 17.6 Å². The summed E-state index contributed by atoms with van der Waals surface area (Å²) in [6, 6.07) is 8.13. The summed E-state index contributed by atoms with van der Waals surface area (Å²) in [6.07, 6.45) is 6.62. The molecule has 0 bridgehead atoms. The van der Waals surface area contributed by atoms with Gasteiger partial charge in [0, 0.05) is 31.7 Å². The molecule has 28 heavy (non-hydrogen) atoms. The number of hydrogen-bond acceptors (Lipinski definition) is 5. The normalized spacial score (nSPS) is 19.1. The third kappa shape index (κ3) is 5.23. The number of nitrogens with zero attached hydrogens (tertiary/aromatic N) is 4. The molecule has 0 spiro atoms. The fourth-order valence-electron chi connectivity index (χ4n) is 3.92. The number of guanidine groups is 1. The minimum absolute atomic E-state index is 0.198. The predicted octanol–water partition coefficient (Wildman–Crippen LogP) is 2.14. The summed E-state index contributed by atoms with van der Waals surface area (Å²) in [7, 11) is 1.41. The van der Waals surface area contributed by atoms with Gasteiger partial charge < -0.3 is 19.9 Å². The lowest BCUT2D eigenvalue weighted by molar-refractivity contribution is -0.140. The molecule has 2 aliphatic rings. The standard InChI is InChI=1S/C21H29N5O2/c1-28-20(27)7-4-17-2-5-19(6-3-17)26-15-14-25(21(26)24-16-22)13-10-18-8-11-23-12-9-18/h2-3,5-6,18,23H,4,7-15H2,1H3/b24-21+. The molecular formula is C21H29N5O2. The van der Waals surface area contributed by atoms with Gasteiger partial charge in [-0.05, 0) is 62.4 Å². The summed E-state index contributed by atoms with van der Waals surface area (Å²) in [5, 5.41) is 12.6. The van der Waals surface area contributed by atoms with E-state index in [0.29, 0.717) is 12.8 Å². The lowest BCUT2D eigenvalue weighted by atomic mass is 9.94. The molecule has 0 aromatic heterocycles. The van der Waals surface area contributed by atoms with E-state index in [4.69, 9.17) is 4.74 Å². The molecule has 7 heteroatoms. The Labute approximate surface area is 167 Å². The van der Waals surface area contributed by atoms with Crippen LogP contribution in [-0.2, 0) is 16.0 Å². The van der Waals surface area contributed by atoms with E-state index in [0.717, 1.165) is 62.3 Å². The molecule has 1 N–H and O–H groups in total. The Morgan fingerprint density at radius 3 is 2.71 bits per heavy atom. The number of esters is 1. The van der Waals surface area contributed by atoms with Crippen LogP contribution < -0.4 is 10.2 Å². The number of methoxy groups -OCH3 is 1. The molecule has 3 rings (SSSR count). The molecule has 150 valence electrons. The van der Waals surface area contributed by atoms with Gasteiger partial charge in [-0.15, -0.1) is 4.99 Å². The highest BCUT2D eigenvalue weighted by molar-refractivity contribution is 5.98. The lowest BCUT2D eigenvalue weighted by Gasteiger charge is -2.26. The van der Waals surface area contributed by atoms with Crippen LogP contribution in [0, 0.1) is 17.4 Å². The summed E-state index contributed by atoms with van der Waals surface area (Å²) in [4.78, 5) is 19.8. The smallest absolute Gasteiger partial charge is 0.305 e. The average Bonchev–Trinajstić information content (AvgIpc) is 3.14. The summed E-state index contributed by atoms with van der Waals surface area (Å²) in [5.41, 5.74) is 2.12. The second-order valence-corrected chi connectivity index (χ2v) is 7.38. The predicted molar refractivity (Wildman–Crippen MR) is 109 cm³/mol. The fourth-order valence-corrected chi connectivity index (χ4v) is 3.92. The number of ether oxygens (including phenoxy) is 1. The van der Waals surface area contributed by atoms with Crippen LogP contribution in [0.1, 0.15) is 31.2 Å². The van der Waals surface area contributed by atoms with Crippen molar-refractivity contribution in [1.29, 1.82) is 5.26 Å². The largest absolute Gasteiger partial charge is 0.469 e. The van der Waals surface area contributed by atoms with Crippen LogP contribution >= 0.6 is 0 Å². The Morgan fingerprint density at radius 2 is 2.04 bits per heavy atom. The van der Waals surface area contributed by atoms with E-state index in [1.807, 2.05) is 30.5 Å². The van der Waals surface area contributed by atoms with Crippen LogP contribution in [-0.4, -0.2) is 56.7 Å². The van der Waals surface area contributed by atoms with Gasteiger partial charge in [0.05, 0.1) is 7.11 Å². The Kier molecular flexibility index (Phi) is 7.26. The zero-order valence-electron chi connectivity index (χ0n) is 16.6. The first-order valence-electron chi connectivity index (χ1n) is 10.1. The first kappa shape index (κ1) is 20.2. The molecule has 0 unspecified atom stereocenters. The van der Waals surface area contributed by atoms with Crippen molar-refractivity contribution in [3.8, 4) is 6.19 Å². The highest BCUT2D eigenvalue weighted by Crippen LogP contribution is 2.23. The number of carbonyl (C=O) groups excluding carboxylic acids is 1. The summed E-state index contributed by atoms with van der Waals surface area (Å²) in [5.74, 6) is 1.31. The molecule has 2 heterocycles. The van der Waals surface area contributed by atoms with E-state index in [-0.39, 0.29) is 5.97 Å². The highest BCUT2D eigenvalue weighted by atomic mass is 16.5. The van der Waals surface area contributed by atoms with E-state index >= 15 is 0 Å². The van der Waals surface area contributed by atoms with Crippen LogP contribution in [0.5, 0.6) is 0 Å². The monoisotopic (exact) mass is 383 g/mol. The summed E-state index contributed by atoms with van der Waals surface area (Å²) >= 11 is 0. The van der Waals surface area contributed by atoms with Gasteiger partial charge in [-0.3, -0.25) is 4.79 Å². The second kappa shape index (κ2) is 10.1. The maximum absolute atomic E-state index is 11.3. The van der Waals surface area contributed by atoms with Gasteiger partial charge in [0.1, 0.15) is 0 Å². The van der Waals surface area contributed by atoms with Gasteiger partial charge in [-0.2, -0.15) is 5.26 Å². The van der Waals surface area contributed by atoms with Gasteiger partial charge in [0.2, 0.25) is 12.2 Å². The molecule has 1 aromatic carbocycles. The number of anilines is 1. The number of rotatable bonds is 7. The molecule has 0 amide bonds. The van der Waals surface area contributed by atoms with Crippen molar-refractivity contribution in [3.63, 3.8) is 0 Å². The zero-order valence-corrected chi connectivity index (χ0v) is 16.6. The maximum atomic E-state index is 11.3. The summed E-state index contributed by atoms with van der Waals surface area (Å²) < 4.78 is 4.69. The number of aryl methyl sites for hydroxylation is 1. The van der Waals surface area contributed by atoms with Crippen molar-refractivity contribution in [3.05, 3.63) is 29.8 Å². The molecule has 0 radical (unpaired) electrons. The van der Waals surface area contributed by atoms with E-state index in [1.165, 1.54) is 20.0 Å². The fraction of sp³-hybridized carbons (Fsp3) is 0.571. The third-order valence-electron chi connectivity index (χ3n) is 5.63. The average molecular weight is 383 g/mol. The Balaban J connectivity index is 1.60. The van der Waals surface area contributed by atoms with Crippen molar-refractivity contribution in [2.45, 2.75) is 32.1 Å². The van der Waals surface area contributed by atoms with E-state index in [2.05, 4.69) is 20.1 Å². The van der Waals surface area contributed by atoms with Crippen LogP contribution in [0.4, 0.5) is 5.69 Å². The lowest BCUT2D eigenvalue weighted by Crippen LogP contribution is -2.36. The van der Waals surface area contributed by atoms with Crippen LogP contribution in [0.2, 0.25) is 0 Å². The van der Waals surface area contributed by atoms with Crippen LogP contribution in [0.25, 0.3) is 0 Å². The van der Waals surface area contributed by atoms with Gasteiger partial charge in [0.25, 0.3) is 0 Å². The molecular weight excluding hydrogens is 354 g/mol. The number of hydrogen-bond donors (Lipinski definition) is 1. The topological polar surface area (TPSA) is 81.0 Å². The Hall–Kier alpha value is -2.59. The van der Waals surface area contributed by atoms with Gasteiger partial charge >= 0.3 is 5.97 Å². The molecule has 2 aliphatic heterocycles.